The van der Waals surface area contributed by atoms with Gasteiger partial charge in [-0.15, -0.1) is 9.24 Å². The molecule has 2 aliphatic heterocycles. The van der Waals surface area contributed by atoms with E-state index in [0.29, 0.717) is 22.1 Å². The van der Waals surface area contributed by atoms with Crippen molar-refractivity contribution in [3.63, 3.8) is 0 Å². The molecular formula is C43H62N2P2. The second kappa shape index (κ2) is 12.0. The van der Waals surface area contributed by atoms with E-state index in [1.165, 1.54) is 58.0 Å². The number of rotatable bonds is 7. The summed E-state index contributed by atoms with van der Waals surface area (Å²) in [6.07, 6.45) is 42.2. The van der Waals surface area contributed by atoms with Crippen molar-refractivity contribution in [1.29, 1.82) is 0 Å². The van der Waals surface area contributed by atoms with Crippen molar-refractivity contribution in [1.82, 2.24) is 10.6 Å². The van der Waals surface area contributed by atoms with Crippen LogP contribution in [-0.2, 0) is 0 Å². The van der Waals surface area contributed by atoms with Gasteiger partial charge in [0.25, 0.3) is 0 Å². The third-order valence-electron chi connectivity index (χ3n) is 16.1. The Morgan fingerprint density at radius 3 is 1.64 bits per heavy atom. The molecule has 10 aliphatic carbocycles. The molecule has 254 valence electrons. The first kappa shape index (κ1) is 31.2. The molecule has 0 aromatic carbocycles. The number of hydrogen-bond acceptors (Lipinski definition) is 2. The highest BCUT2D eigenvalue weighted by Gasteiger charge is 2.63. The van der Waals surface area contributed by atoms with Crippen LogP contribution in [-0.4, -0.2) is 47.8 Å². The minimum absolute atomic E-state index is 0.0692. The highest BCUT2D eigenvalue weighted by Crippen LogP contribution is 2.79. The van der Waals surface area contributed by atoms with Crippen molar-refractivity contribution in [2.45, 2.75) is 125 Å². The molecule has 2 heterocycles. The smallest absolute Gasteiger partial charge is 0.0181 e. The molecule has 3 unspecified atom stereocenters. The van der Waals surface area contributed by atoms with Gasteiger partial charge in [-0.05, 0) is 221 Å². The van der Waals surface area contributed by atoms with Gasteiger partial charge >= 0.3 is 0 Å². The van der Waals surface area contributed by atoms with E-state index in [0.717, 1.165) is 41.9 Å². The van der Waals surface area contributed by atoms with Crippen LogP contribution in [0.2, 0.25) is 0 Å². The third kappa shape index (κ3) is 5.29. The summed E-state index contributed by atoms with van der Waals surface area (Å²) in [6, 6.07) is 0. The van der Waals surface area contributed by atoms with Crippen LogP contribution in [0.25, 0.3) is 0 Å². The Morgan fingerprint density at radius 2 is 1.21 bits per heavy atom. The average molecular weight is 669 g/mol. The fraction of sp³-hybridized carbons (Fsp3) is 0.767. The van der Waals surface area contributed by atoms with Gasteiger partial charge in [0.15, 0.2) is 0 Å². The topological polar surface area (TPSA) is 24.1 Å². The highest BCUT2D eigenvalue weighted by atomic mass is 31.1. The Hall–Kier alpha value is -0.520. The van der Waals surface area contributed by atoms with Gasteiger partial charge in [0.05, 0.1) is 0 Å². The minimum atomic E-state index is -0.0692. The Labute approximate surface area is 289 Å². The minimum Gasteiger partial charge on any atom is -0.316 e. The lowest BCUT2D eigenvalue weighted by molar-refractivity contribution is 0.0187. The SMILES string of the molecule is PC(C1=CC(=C2C=CC=CC2)C=C1CP(C12CC3CC(CC(C3)C1)C2)C12CC3CC(CC(C3)C1)C2)(C1CCCNC1)C1CCCNC1. The maximum atomic E-state index is 3.90. The molecule has 10 fully saturated rings. The summed E-state index contributed by atoms with van der Waals surface area (Å²) in [5.74, 6) is 7.78. The normalized spacial score (nSPS) is 48.4. The van der Waals surface area contributed by atoms with Gasteiger partial charge in [0.1, 0.15) is 0 Å². The van der Waals surface area contributed by atoms with Crippen molar-refractivity contribution in [2.75, 3.05) is 32.3 Å². The molecule has 0 amide bonds. The number of piperidine rings is 2. The number of nitrogens with one attached hydrogen (secondary N) is 2. The summed E-state index contributed by atoms with van der Waals surface area (Å²) in [5.41, 5.74) is 6.75. The van der Waals surface area contributed by atoms with Gasteiger partial charge < -0.3 is 10.6 Å². The second-order valence-electron chi connectivity index (χ2n) is 19.1. The monoisotopic (exact) mass is 668 g/mol. The van der Waals surface area contributed by atoms with E-state index in [9.17, 15) is 0 Å². The van der Waals surface area contributed by atoms with E-state index < -0.39 is 0 Å². The summed E-state index contributed by atoms with van der Waals surface area (Å²) in [4.78, 5) is 0. The quantitative estimate of drug-likeness (QED) is 0.264. The average Bonchev–Trinajstić information content (AvgIpc) is 3.51. The molecule has 12 aliphatic rings. The zero-order valence-electron chi connectivity index (χ0n) is 29.2. The van der Waals surface area contributed by atoms with Crippen LogP contribution < -0.4 is 10.6 Å². The van der Waals surface area contributed by atoms with Crippen molar-refractivity contribution in [2.24, 2.45) is 47.3 Å². The van der Waals surface area contributed by atoms with Gasteiger partial charge in [-0.2, -0.15) is 0 Å². The van der Waals surface area contributed by atoms with Crippen molar-refractivity contribution in [3.05, 3.63) is 58.7 Å². The molecule has 0 aromatic rings. The standard InChI is InChI=1S/C43H62N2P2/c46-43(38-8-4-10-44-26-38,39-9-5-11-45-27-39)40-19-36(35-6-2-1-3-7-35)18-37(40)28-47(41-20-29-12-30(21-41)14-31(13-29)22-41)42-23-32-15-33(24-42)17-34(16-32)25-42/h1-3,6,18-19,29-34,38-39,44-45H,4-5,7-17,20-28,46H2. The van der Waals surface area contributed by atoms with E-state index in [-0.39, 0.29) is 13.1 Å². The number of allylic oxidation sites excluding steroid dienone is 10. The molecule has 47 heavy (non-hydrogen) atoms. The zero-order chi connectivity index (χ0) is 31.2. The van der Waals surface area contributed by atoms with E-state index in [4.69, 9.17) is 0 Å². The fourth-order valence-corrected chi connectivity index (χ4v) is 21.1. The maximum absolute atomic E-state index is 3.90. The molecule has 2 N–H and O–H groups in total. The molecular weight excluding hydrogens is 606 g/mol. The molecule has 2 nitrogen and oxygen atoms in total. The van der Waals surface area contributed by atoms with Gasteiger partial charge in [-0.1, -0.05) is 44.4 Å². The lowest BCUT2D eigenvalue weighted by atomic mass is 9.55. The Morgan fingerprint density at radius 1 is 0.702 bits per heavy atom. The fourth-order valence-electron chi connectivity index (χ4n) is 15.1. The third-order valence-corrected chi connectivity index (χ3v) is 21.4. The van der Waals surface area contributed by atoms with Crippen molar-refractivity contribution < 1.29 is 0 Å². The molecule has 3 atom stereocenters. The first-order valence-corrected chi connectivity index (χ1v) is 22.6. The van der Waals surface area contributed by atoms with E-state index >= 15 is 0 Å². The summed E-state index contributed by atoms with van der Waals surface area (Å²) in [6.45, 7) is 4.80. The molecule has 2 saturated heterocycles. The van der Waals surface area contributed by atoms with E-state index in [1.54, 1.807) is 93.8 Å². The molecule has 12 rings (SSSR count). The van der Waals surface area contributed by atoms with Crippen LogP contribution in [0.4, 0.5) is 0 Å². The van der Waals surface area contributed by atoms with Crippen LogP contribution in [0.15, 0.2) is 58.7 Å². The van der Waals surface area contributed by atoms with Crippen molar-refractivity contribution in [3.8, 4) is 0 Å². The van der Waals surface area contributed by atoms with E-state index in [2.05, 4.69) is 56.3 Å². The molecule has 4 heteroatoms. The predicted molar refractivity (Wildman–Crippen MR) is 203 cm³/mol. The predicted octanol–water partition coefficient (Wildman–Crippen LogP) is 9.70. The van der Waals surface area contributed by atoms with Crippen LogP contribution in [0.1, 0.15) is 109 Å². The largest absolute Gasteiger partial charge is 0.316 e. The first-order chi connectivity index (χ1) is 23.0. The summed E-state index contributed by atoms with van der Waals surface area (Å²) >= 11 is 0. The van der Waals surface area contributed by atoms with Crippen LogP contribution in [0.5, 0.6) is 0 Å². The Bertz CT molecular complexity index is 1270. The lowest BCUT2D eigenvalue weighted by Gasteiger charge is -2.68. The zero-order valence-corrected chi connectivity index (χ0v) is 31.2. The second-order valence-corrected chi connectivity index (χ2v) is 23.1. The Kier molecular flexibility index (Phi) is 8.00. The summed E-state index contributed by atoms with van der Waals surface area (Å²) < 4.78 is 0. The first-order valence-electron chi connectivity index (χ1n) is 20.5. The van der Waals surface area contributed by atoms with E-state index in [1.807, 2.05) is 5.57 Å². The maximum Gasteiger partial charge on any atom is 0.0181 e. The van der Waals surface area contributed by atoms with Crippen LogP contribution in [0, 0.1) is 47.3 Å². The molecule has 8 bridgehead atoms. The van der Waals surface area contributed by atoms with Gasteiger partial charge in [-0.3, -0.25) is 0 Å². The summed E-state index contributed by atoms with van der Waals surface area (Å²) in [5, 5.41) is 9.34. The molecule has 0 spiro atoms. The molecule has 0 radical (unpaired) electrons. The van der Waals surface area contributed by atoms with Gasteiger partial charge in [0, 0.05) is 5.16 Å². The van der Waals surface area contributed by atoms with Crippen LogP contribution >= 0.6 is 17.2 Å². The highest BCUT2D eigenvalue weighted by molar-refractivity contribution is 7.61. The lowest BCUT2D eigenvalue weighted by Crippen LogP contribution is -2.57. The Balaban J connectivity index is 1.10. The molecule has 8 saturated carbocycles. The van der Waals surface area contributed by atoms with Gasteiger partial charge in [0.2, 0.25) is 0 Å². The summed E-state index contributed by atoms with van der Waals surface area (Å²) in [7, 11) is 3.61. The van der Waals surface area contributed by atoms with Crippen LogP contribution in [0.3, 0.4) is 0 Å². The number of hydrogen-bond donors (Lipinski definition) is 2. The van der Waals surface area contributed by atoms with Crippen molar-refractivity contribution >= 4 is 17.2 Å². The molecule has 0 aromatic heterocycles. The van der Waals surface area contributed by atoms with Gasteiger partial charge in [-0.25, -0.2) is 0 Å².